The monoisotopic (exact) mass is 282 g/mol. The Morgan fingerprint density at radius 2 is 1.90 bits per heavy atom. The molecule has 0 aliphatic carbocycles. The molecule has 1 aliphatic rings. The van der Waals surface area contributed by atoms with Crippen LogP contribution in [0, 0.1) is 6.92 Å². The zero-order chi connectivity index (χ0) is 14.3. The van der Waals surface area contributed by atoms with E-state index in [1.807, 2.05) is 11.5 Å². The average molecular weight is 282 g/mol. The Balaban J connectivity index is 1.83. The topological polar surface area (TPSA) is 42.7 Å². The molecule has 2 heterocycles. The third kappa shape index (κ3) is 2.29. The summed E-state index contributed by atoms with van der Waals surface area (Å²) in [5.41, 5.74) is 0.204. The first-order valence-electron chi connectivity index (χ1n) is 6.24. The number of benzene rings is 1. The van der Waals surface area contributed by atoms with Crippen molar-refractivity contribution in [3.63, 3.8) is 0 Å². The first-order valence-corrected chi connectivity index (χ1v) is 6.24. The number of aromatic nitrogens is 3. The van der Waals surface area contributed by atoms with E-state index in [1.54, 1.807) is 0 Å². The lowest BCUT2D eigenvalue weighted by Crippen LogP contribution is -2.32. The van der Waals surface area contributed by atoms with Gasteiger partial charge in [-0.15, -0.1) is 10.2 Å². The van der Waals surface area contributed by atoms with Gasteiger partial charge in [-0.25, -0.2) is 0 Å². The van der Waals surface area contributed by atoms with Crippen LogP contribution in [0.3, 0.4) is 0 Å². The minimum atomic E-state index is -4.30. The van der Waals surface area contributed by atoms with Crippen molar-refractivity contribution in [1.82, 2.24) is 20.1 Å². The highest BCUT2D eigenvalue weighted by Crippen LogP contribution is 2.30. The van der Waals surface area contributed by atoms with E-state index in [4.69, 9.17) is 0 Å². The van der Waals surface area contributed by atoms with Gasteiger partial charge < -0.3 is 9.88 Å². The molecule has 0 amide bonds. The van der Waals surface area contributed by atoms with Gasteiger partial charge >= 0.3 is 6.18 Å². The Hall–Kier alpha value is -1.89. The quantitative estimate of drug-likeness (QED) is 0.873. The van der Waals surface area contributed by atoms with Crippen molar-refractivity contribution in [2.24, 2.45) is 0 Å². The lowest BCUT2D eigenvalue weighted by atomic mass is 10.0. The highest BCUT2D eigenvalue weighted by atomic mass is 19.4. The zero-order valence-electron chi connectivity index (χ0n) is 10.8. The van der Waals surface area contributed by atoms with Gasteiger partial charge in [-0.1, -0.05) is 12.1 Å². The van der Waals surface area contributed by atoms with Crippen molar-refractivity contribution < 1.29 is 13.2 Å². The van der Waals surface area contributed by atoms with Crippen LogP contribution in [0.1, 0.15) is 28.8 Å². The van der Waals surface area contributed by atoms with E-state index in [1.165, 1.54) is 12.1 Å². The largest absolute Gasteiger partial charge is 0.416 e. The third-order valence-electron chi connectivity index (χ3n) is 3.52. The molecule has 7 heteroatoms. The molecule has 3 rings (SSSR count). The molecule has 20 heavy (non-hydrogen) atoms. The van der Waals surface area contributed by atoms with Crippen LogP contribution in [0.5, 0.6) is 0 Å². The fourth-order valence-electron chi connectivity index (χ4n) is 2.38. The Morgan fingerprint density at radius 1 is 1.20 bits per heavy atom. The molecule has 0 fully saturated rings. The molecule has 0 radical (unpaired) electrons. The fourth-order valence-corrected chi connectivity index (χ4v) is 2.38. The molecule has 1 unspecified atom stereocenters. The first kappa shape index (κ1) is 13.1. The highest BCUT2D eigenvalue weighted by Gasteiger charge is 2.30. The zero-order valence-corrected chi connectivity index (χ0v) is 10.8. The molecule has 1 aromatic carbocycles. The predicted octanol–water partition coefficient (Wildman–Crippen LogP) is 2.45. The SMILES string of the molecule is Cc1nnc2n1CC(c1ccc(C(F)(F)F)cc1)NC2. The summed E-state index contributed by atoms with van der Waals surface area (Å²) in [6.07, 6.45) is -4.30. The Kier molecular flexibility index (Phi) is 3.01. The number of fused-ring (bicyclic) bond motifs is 1. The van der Waals surface area contributed by atoms with Crippen LogP contribution in [0.4, 0.5) is 13.2 Å². The number of alkyl halides is 3. The average Bonchev–Trinajstić information content (AvgIpc) is 2.79. The molecule has 2 aromatic rings. The van der Waals surface area contributed by atoms with Gasteiger partial charge in [-0.05, 0) is 24.6 Å². The van der Waals surface area contributed by atoms with Gasteiger partial charge in [0.05, 0.1) is 18.2 Å². The number of hydrogen-bond acceptors (Lipinski definition) is 3. The molecule has 106 valence electrons. The summed E-state index contributed by atoms with van der Waals surface area (Å²) in [5, 5.41) is 11.3. The number of rotatable bonds is 1. The molecule has 0 spiro atoms. The van der Waals surface area contributed by atoms with E-state index >= 15 is 0 Å². The van der Waals surface area contributed by atoms with E-state index in [9.17, 15) is 13.2 Å². The van der Waals surface area contributed by atoms with E-state index < -0.39 is 11.7 Å². The molecular weight excluding hydrogens is 269 g/mol. The summed E-state index contributed by atoms with van der Waals surface area (Å²) in [5.74, 6) is 1.67. The van der Waals surface area contributed by atoms with Gasteiger partial charge in [0.15, 0.2) is 0 Å². The molecule has 0 saturated heterocycles. The Bertz CT molecular complexity index is 616. The first-order chi connectivity index (χ1) is 9.45. The van der Waals surface area contributed by atoms with Crippen molar-refractivity contribution in [3.8, 4) is 0 Å². The predicted molar refractivity (Wildman–Crippen MR) is 65.8 cm³/mol. The third-order valence-corrected chi connectivity index (χ3v) is 3.52. The van der Waals surface area contributed by atoms with Crippen molar-refractivity contribution >= 4 is 0 Å². The second-order valence-electron chi connectivity index (χ2n) is 4.83. The van der Waals surface area contributed by atoms with Crippen molar-refractivity contribution in [2.45, 2.75) is 32.2 Å². The molecule has 0 bridgehead atoms. The van der Waals surface area contributed by atoms with Crippen molar-refractivity contribution in [2.75, 3.05) is 0 Å². The van der Waals surface area contributed by atoms with Crippen LogP contribution in [-0.2, 0) is 19.3 Å². The van der Waals surface area contributed by atoms with Gasteiger partial charge in [0.1, 0.15) is 11.6 Å². The van der Waals surface area contributed by atoms with Crippen LogP contribution in [0.15, 0.2) is 24.3 Å². The number of aryl methyl sites for hydroxylation is 1. The van der Waals surface area contributed by atoms with E-state index in [0.29, 0.717) is 13.1 Å². The maximum absolute atomic E-state index is 12.5. The normalized spacial score (nSPS) is 18.9. The number of nitrogens with one attached hydrogen (secondary N) is 1. The maximum atomic E-state index is 12.5. The molecule has 1 aromatic heterocycles. The highest BCUT2D eigenvalue weighted by molar-refractivity contribution is 5.27. The summed E-state index contributed by atoms with van der Waals surface area (Å²) < 4.78 is 39.6. The number of hydrogen-bond donors (Lipinski definition) is 1. The molecular formula is C13H13F3N4. The van der Waals surface area contributed by atoms with Crippen LogP contribution < -0.4 is 5.32 Å². The lowest BCUT2D eigenvalue weighted by Gasteiger charge is -2.26. The molecule has 1 atom stereocenters. The molecule has 0 saturated carbocycles. The molecule has 1 N–H and O–H groups in total. The van der Waals surface area contributed by atoms with Gasteiger partial charge in [0.2, 0.25) is 0 Å². The minimum absolute atomic E-state index is 0.0283. The van der Waals surface area contributed by atoms with Crippen LogP contribution in [-0.4, -0.2) is 14.8 Å². The second-order valence-corrected chi connectivity index (χ2v) is 4.83. The van der Waals surface area contributed by atoms with Crippen molar-refractivity contribution in [3.05, 3.63) is 47.0 Å². The summed E-state index contributed by atoms with van der Waals surface area (Å²) in [6.45, 7) is 3.05. The van der Waals surface area contributed by atoms with Crippen molar-refractivity contribution in [1.29, 1.82) is 0 Å². The van der Waals surface area contributed by atoms with E-state index in [2.05, 4.69) is 15.5 Å². The van der Waals surface area contributed by atoms with Gasteiger partial charge in [-0.2, -0.15) is 13.2 Å². The minimum Gasteiger partial charge on any atom is -0.312 e. The summed E-state index contributed by atoms with van der Waals surface area (Å²) in [6, 6.07) is 5.24. The number of halogens is 3. The summed E-state index contributed by atoms with van der Waals surface area (Å²) >= 11 is 0. The van der Waals surface area contributed by atoms with Gasteiger partial charge in [0.25, 0.3) is 0 Å². The molecule has 1 aliphatic heterocycles. The number of nitrogens with zero attached hydrogens (tertiary/aromatic N) is 3. The standard InChI is InChI=1S/C13H13F3N4/c1-8-18-19-12-6-17-11(7-20(8)12)9-2-4-10(5-3-9)13(14,15)16/h2-5,11,17H,6-7H2,1H3. The van der Waals surface area contributed by atoms with Crippen LogP contribution >= 0.6 is 0 Å². The van der Waals surface area contributed by atoms with Crippen LogP contribution in [0.25, 0.3) is 0 Å². The maximum Gasteiger partial charge on any atom is 0.416 e. The Morgan fingerprint density at radius 3 is 2.55 bits per heavy atom. The smallest absolute Gasteiger partial charge is 0.312 e. The molecule has 4 nitrogen and oxygen atoms in total. The van der Waals surface area contributed by atoms with Gasteiger partial charge in [0, 0.05) is 6.54 Å². The van der Waals surface area contributed by atoms with E-state index in [0.717, 1.165) is 29.3 Å². The van der Waals surface area contributed by atoms with Crippen LogP contribution in [0.2, 0.25) is 0 Å². The second kappa shape index (κ2) is 4.59. The lowest BCUT2D eigenvalue weighted by molar-refractivity contribution is -0.137. The summed E-state index contributed by atoms with van der Waals surface area (Å²) in [7, 11) is 0. The van der Waals surface area contributed by atoms with Gasteiger partial charge in [-0.3, -0.25) is 0 Å². The van der Waals surface area contributed by atoms with E-state index in [-0.39, 0.29) is 6.04 Å². The Labute approximate surface area is 113 Å². The summed E-state index contributed by atoms with van der Waals surface area (Å²) in [4.78, 5) is 0. The fraction of sp³-hybridized carbons (Fsp3) is 0.385.